The number of allylic oxidation sites excluding steroid dienone is 1. The van der Waals surface area contributed by atoms with Crippen LogP contribution in [-0.2, 0) is 0 Å². The summed E-state index contributed by atoms with van der Waals surface area (Å²) in [4.78, 5) is 2.57. The van der Waals surface area contributed by atoms with Gasteiger partial charge in [-0.05, 0) is 32.7 Å². The molecule has 2 heterocycles. The molecule has 0 radical (unpaired) electrons. The maximum absolute atomic E-state index is 4.09. The van der Waals surface area contributed by atoms with Gasteiger partial charge in [0.25, 0.3) is 0 Å². The molecule has 2 bridgehead atoms. The van der Waals surface area contributed by atoms with Gasteiger partial charge in [-0.2, -0.15) is 0 Å². The Hall–Kier alpha value is -0.500. The second-order valence-electron chi connectivity index (χ2n) is 4.49. The first kappa shape index (κ1) is 9.07. The molecule has 1 N–H and O–H groups in total. The summed E-state index contributed by atoms with van der Waals surface area (Å²) in [5.41, 5.74) is 1.24. The summed E-state index contributed by atoms with van der Waals surface area (Å²) in [6.07, 6.45) is 5.42. The van der Waals surface area contributed by atoms with E-state index in [4.69, 9.17) is 0 Å². The second kappa shape index (κ2) is 3.33. The van der Waals surface area contributed by atoms with Crippen LogP contribution in [0.3, 0.4) is 0 Å². The van der Waals surface area contributed by atoms with Crippen LogP contribution in [0.5, 0.6) is 0 Å². The molecule has 0 aromatic carbocycles. The van der Waals surface area contributed by atoms with Crippen molar-refractivity contribution < 1.29 is 0 Å². The van der Waals surface area contributed by atoms with Crippen LogP contribution < -0.4 is 5.32 Å². The van der Waals surface area contributed by atoms with Gasteiger partial charge in [-0.3, -0.25) is 0 Å². The largest absolute Gasteiger partial charge is 0.392 e. The molecule has 2 fully saturated rings. The van der Waals surface area contributed by atoms with Gasteiger partial charge in [-0.1, -0.05) is 6.58 Å². The molecule has 0 aromatic rings. The summed E-state index contributed by atoms with van der Waals surface area (Å²) in [6, 6.07) is 1.66. The van der Waals surface area contributed by atoms with E-state index in [0.29, 0.717) is 0 Å². The minimum Gasteiger partial charge on any atom is -0.392 e. The lowest BCUT2D eigenvalue weighted by atomic mass is 9.89. The van der Waals surface area contributed by atoms with Crippen molar-refractivity contribution in [3.05, 3.63) is 12.3 Å². The van der Waals surface area contributed by atoms with Crippen LogP contribution in [0, 0.1) is 5.92 Å². The average molecular weight is 180 g/mol. The van der Waals surface area contributed by atoms with E-state index in [1.807, 2.05) is 7.05 Å². The third-order valence-corrected chi connectivity index (χ3v) is 3.91. The van der Waals surface area contributed by atoms with Crippen LogP contribution >= 0.6 is 0 Å². The number of rotatable bonds is 2. The molecular formula is C11H20N2. The third-order valence-electron chi connectivity index (χ3n) is 3.91. The van der Waals surface area contributed by atoms with Gasteiger partial charge in [0.2, 0.25) is 0 Å². The molecule has 13 heavy (non-hydrogen) atoms. The molecule has 2 heteroatoms. The molecule has 74 valence electrons. The highest BCUT2D eigenvalue weighted by Gasteiger charge is 2.38. The smallest absolute Gasteiger partial charge is 0.0102 e. The molecule has 0 amide bonds. The summed E-state index contributed by atoms with van der Waals surface area (Å²) < 4.78 is 0. The fourth-order valence-electron chi connectivity index (χ4n) is 2.90. The van der Waals surface area contributed by atoms with Gasteiger partial charge in [0, 0.05) is 30.7 Å². The van der Waals surface area contributed by atoms with E-state index in [0.717, 1.165) is 18.0 Å². The zero-order chi connectivity index (χ0) is 9.42. The Kier molecular flexibility index (Phi) is 2.33. The number of nitrogens with one attached hydrogen (secondary N) is 1. The SMILES string of the molecule is C=C(NC)C1CC2CCC(C1)N2C. The van der Waals surface area contributed by atoms with Crippen molar-refractivity contribution in [3.8, 4) is 0 Å². The van der Waals surface area contributed by atoms with Crippen molar-refractivity contribution in [1.29, 1.82) is 0 Å². The quantitative estimate of drug-likeness (QED) is 0.694. The van der Waals surface area contributed by atoms with E-state index in [2.05, 4.69) is 23.8 Å². The molecule has 2 unspecified atom stereocenters. The minimum absolute atomic E-state index is 0.721. The lowest BCUT2D eigenvalue weighted by Gasteiger charge is -2.37. The highest BCUT2D eigenvalue weighted by atomic mass is 15.2. The lowest BCUT2D eigenvalue weighted by molar-refractivity contribution is 0.146. The fourth-order valence-corrected chi connectivity index (χ4v) is 2.90. The standard InChI is InChI=1S/C11H20N2/c1-8(12-2)9-6-10-4-5-11(7-9)13(10)3/h9-12H,1,4-7H2,2-3H3. The number of hydrogen-bond acceptors (Lipinski definition) is 2. The van der Waals surface area contributed by atoms with Crippen molar-refractivity contribution in [2.75, 3.05) is 14.1 Å². The van der Waals surface area contributed by atoms with Crippen molar-refractivity contribution >= 4 is 0 Å². The highest BCUT2D eigenvalue weighted by Crippen LogP contribution is 2.39. The summed E-state index contributed by atoms with van der Waals surface area (Å²) in [6.45, 7) is 4.09. The Bertz CT molecular complexity index is 198. The van der Waals surface area contributed by atoms with Crippen molar-refractivity contribution in [2.24, 2.45) is 5.92 Å². The Morgan fingerprint density at radius 1 is 1.31 bits per heavy atom. The molecule has 2 atom stereocenters. The van der Waals surface area contributed by atoms with E-state index in [-0.39, 0.29) is 0 Å². The second-order valence-corrected chi connectivity index (χ2v) is 4.49. The van der Waals surface area contributed by atoms with Crippen LogP contribution in [0.4, 0.5) is 0 Å². The number of piperidine rings is 1. The Balaban J connectivity index is 2.02. The van der Waals surface area contributed by atoms with Gasteiger partial charge < -0.3 is 10.2 Å². The van der Waals surface area contributed by atoms with Crippen LogP contribution in [0.2, 0.25) is 0 Å². The molecule has 2 aliphatic rings. The zero-order valence-electron chi connectivity index (χ0n) is 8.71. The first-order valence-electron chi connectivity index (χ1n) is 5.31. The van der Waals surface area contributed by atoms with Crippen molar-refractivity contribution in [1.82, 2.24) is 10.2 Å². The van der Waals surface area contributed by atoms with Crippen molar-refractivity contribution in [2.45, 2.75) is 37.8 Å². The first-order valence-corrected chi connectivity index (χ1v) is 5.31. The summed E-state index contributed by atoms with van der Waals surface area (Å²) in [5, 5.41) is 3.21. The van der Waals surface area contributed by atoms with Crippen LogP contribution in [0.25, 0.3) is 0 Å². The topological polar surface area (TPSA) is 15.3 Å². The van der Waals surface area contributed by atoms with Gasteiger partial charge in [-0.25, -0.2) is 0 Å². The monoisotopic (exact) mass is 180 g/mol. The maximum atomic E-state index is 4.09. The molecule has 2 aliphatic heterocycles. The van der Waals surface area contributed by atoms with E-state index in [1.165, 1.54) is 31.4 Å². The third kappa shape index (κ3) is 1.48. The Morgan fingerprint density at radius 3 is 2.31 bits per heavy atom. The Labute approximate surface area is 81.0 Å². The number of nitrogens with zero attached hydrogens (tertiary/aromatic N) is 1. The summed E-state index contributed by atoms with van der Waals surface area (Å²) >= 11 is 0. The average Bonchev–Trinajstić information content (AvgIpc) is 2.42. The maximum Gasteiger partial charge on any atom is 0.0102 e. The molecule has 2 nitrogen and oxygen atoms in total. The van der Waals surface area contributed by atoms with Crippen LogP contribution in [0.15, 0.2) is 12.3 Å². The number of hydrogen-bond donors (Lipinski definition) is 1. The Morgan fingerprint density at radius 2 is 1.85 bits per heavy atom. The first-order chi connectivity index (χ1) is 6.22. The highest BCUT2D eigenvalue weighted by molar-refractivity contribution is 5.05. The molecule has 0 aromatic heterocycles. The normalized spacial score (nSPS) is 39.1. The molecule has 2 saturated heterocycles. The molecule has 2 rings (SSSR count). The fraction of sp³-hybridized carbons (Fsp3) is 0.818. The van der Waals surface area contributed by atoms with Gasteiger partial charge in [0.1, 0.15) is 0 Å². The van der Waals surface area contributed by atoms with Gasteiger partial charge in [0.05, 0.1) is 0 Å². The van der Waals surface area contributed by atoms with Crippen molar-refractivity contribution in [3.63, 3.8) is 0 Å². The molecule has 0 saturated carbocycles. The van der Waals surface area contributed by atoms with Gasteiger partial charge in [0.15, 0.2) is 0 Å². The summed E-state index contributed by atoms with van der Waals surface area (Å²) in [5.74, 6) is 0.721. The van der Waals surface area contributed by atoms with E-state index < -0.39 is 0 Å². The zero-order valence-corrected chi connectivity index (χ0v) is 8.71. The van der Waals surface area contributed by atoms with Gasteiger partial charge in [-0.15, -0.1) is 0 Å². The predicted octanol–water partition coefficient (Wildman–Crippen LogP) is 1.59. The minimum atomic E-state index is 0.721. The van der Waals surface area contributed by atoms with E-state index >= 15 is 0 Å². The lowest BCUT2D eigenvalue weighted by Crippen LogP contribution is -2.41. The molecule has 0 spiro atoms. The van der Waals surface area contributed by atoms with E-state index in [1.54, 1.807) is 0 Å². The molecular weight excluding hydrogens is 160 g/mol. The van der Waals surface area contributed by atoms with Crippen LogP contribution in [0.1, 0.15) is 25.7 Å². The number of fused-ring (bicyclic) bond motifs is 2. The predicted molar refractivity (Wildman–Crippen MR) is 55.5 cm³/mol. The van der Waals surface area contributed by atoms with Crippen LogP contribution in [-0.4, -0.2) is 31.1 Å². The van der Waals surface area contributed by atoms with E-state index in [9.17, 15) is 0 Å². The molecule has 0 aliphatic carbocycles. The van der Waals surface area contributed by atoms with Gasteiger partial charge >= 0.3 is 0 Å². The summed E-state index contributed by atoms with van der Waals surface area (Å²) in [7, 11) is 4.27.